The third-order valence-electron chi connectivity index (χ3n) is 3.74. The number of nitrogens with zero attached hydrogens (tertiary/aromatic N) is 3. The van der Waals surface area contributed by atoms with E-state index < -0.39 is 0 Å². The average Bonchev–Trinajstić information content (AvgIpc) is 2.50. The van der Waals surface area contributed by atoms with Crippen LogP contribution in [0.1, 0.15) is 32.3 Å². The van der Waals surface area contributed by atoms with E-state index in [9.17, 15) is 0 Å². The lowest BCUT2D eigenvalue weighted by Gasteiger charge is -2.33. The molecule has 0 amide bonds. The van der Waals surface area contributed by atoms with Gasteiger partial charge in [0.15, 0.2) is 5.96 Å². The SMILES string of the molecule is CCOc1ncccc1CNC(=NC)N1CCCC(C)C1. The first-order valence-corrected chi connectivity index (χ1v) is 7.76. The zero-order valence-corrected chi connectivity index (χ0v) is 13.3. The molecule has 1 unspecified atom stereocenters. The molecule has 1 aliphatic rings. The molecule has 116 valence electrons. The Balaban J connectivity index is 1.97. The number of hydrogen-bond donors (Lipinski definition) is 1. The summed E-state index contributed by atoms with van der Waals surface area (Å²) in [5, 5.41) is 3.43. The smallest absolute Gasteiger partial charge is 0.218 e. The molecule has 0 aromatic carbocycles. The molecule has 0 radical (unpaired) electrons. The molecule has 0 bridgehead atoms. The van der Waals surface area contributed by atoms with Gasteiger partial charge in [-0.2, -0.15) is 0 Å². The van der Waals surface area contributed by atoms with Crippen molar-refractivity contribution in [1.82, 2.24) is 15.2 Å². The molecule has 0 aliphatic carbocycles. The maximum absolute atomic E-state index is 5.56. The second kappa shape index (κ2) is 7.86. The molecule has 1 saturated heterocycles. The van der Waals surface area contributed by atoms with Gasteiger partial charge in [0.1, 0.15) is 0 Å². The fourth-order valence-electron chi connectivity index (χ4n) is 2.71. The van der Waals surface area contributed by atoms with Gasteiger partial charge in [0.2, 0.25) is 5.88 Å². The van der Waals surface area contributed by atoms with Crippen molar-refractivity contribution in [1.29, 1.82) is 0 Å². The minimum absolute atomic E-state index is 0.627. The molecule has 1 aromatic heterocycles. The van der Waals surface area contributed by atoms with Gasteiger partial charge in [-0.05, 0) is 31.7 Å². The van der Waals surface area contributed by atoms with E-state index >= 15 is 0 Å². The lowest BCUT2D eigenvalue weighted by Crippen LogP contribution is -2.45. The minimum Gasteiger partial charge on any atom is -0.478 e. The molecule has 1 fully saturated rings. The highest BCUT2D eigenvalue weighted by molar-refractivity contribution is 5.80. The standard InChI is InChI=1S/C16H26N4O/c1-4-21-15-14(8-5-9-18-15)11-19-16(17-3)20-10-6-7-13(2)12-20/h5,8-9,13H,4,6-7,10-12H2,1-3H3,(H,17,19). The Morgan fingerprint density at radius 3 is 3.14 bits per heavy atom. The summed E-state index contributed by atoms with van der Waals surface area (Å²) < 4.78 is 5.56. The molecule has 2 rings (SSSR count). The first kappa shape index (κ1) is 15.6. The van der Waals surface area contributed by atoms with Crippen molar-refractivity contribution < 1.29 is 4.74 Å². The van der Waals surface area contributed by atoms with E-state index in [1.54, 1.807) is 6.20 Å². The van der Waals surface area contributed by atoms with Crippen LogP contribution >= 0.6 is 0 Å². The van der Waals surface area contributed by atoms with Crippen LogP contribution in [0.3, 0.4) is 0 Å². The number of nitrogens with one attached hydrogen (secondary N) is 1. The van der Waals surface area contributed by atoms with E-state index in [1.807, 2.05) is 26.1 Å². The van der Waals surface area contributed by atoms with Crippen LogP contribution in [0.4, 0.5) is 0 Å². The Bertz CT molecular complexity index is 475. The van der Waals surface area contributed by atoms with Crippen molar-refractivity contribution in [2.45, 2.75) is 33.2 Å². The Labute approximate surface area is 127 Å². The van der Waals surface area contributed by atoms with Crippen molar-refractivity contribution in [2.24, 2.45) is 10.9 Å². The molecule has 2 heterocycles. The normalized spacial score (nSPS) is 19.5. The molecular formula is C16H26N4O. The van der Waals surface area contributed by atoms with Crippen molar-refractivity contribution >= 4 is 5.96 Å². The Kier molecular flexibility index (Phi) is 5.84. The van der Waals surface area contributed by atoms with E-state index in [1.165, 1.54) is 12.8 Å². The first-order chi connectivity index (χ1) is 10.2. The van der Waals surface area contributed by atoms with Crippen LogP contribution < -0.4 is 10.1 Å². The molecule has 5 heteroatoms. The summed E-state index contributed by atoms with van der Waals surface area (Å²) in [4.78, 5) is 11.0. The molecule has 21 heavy (non-hydrogen) atoms. The highest BCUT2D eigenvalue weighted by atomic mass is 16.5. The van der Waals surface area contributed by atoms with Crippen molar-refractivity contribution in [3.63, 3.8) is 0 Å². The predicted molar refractivity (Wildman–Crippen MR) is 85.6 cm³/mol. The molecule has 0 saturated carbocycles. The zero-order valence-electron chi connectivity index (χ0n) is 13.3. The molecule has 1 atom stereocenters. The van der Waals surface area contributed by atoms with Crippen molar-refractivity contribution in [2.75, 3.05) is 26.7 Å². The summed E-state index contributed by atoms with van der Waals surface area (Å²) in [6.45, 7) is 7.73. The average molecular weight is 290 g/mol. The summed E-state index contributed by atoms with van der Waals surface area (Å²) in [5.41, 5.74) is 1.06. The van der Waals surface area contributed by atoms with Gasteiger partial charge in [0.25, 0.3) is 0 Å². The van der Waals surface area contributed by atoms with Gasteiger partial charge in [0.05, 0.1) is 6.61 Å². The first-order valence-electron chi connectivity index (χ1n) is 7.76. The number of aromatic nitrogens is 1. The third kappa shape index (κ3) is 4.34. The Hall–Kier alpha value is -1.78. The van der Waals surface area contributed by atoms with Gasteiger partial charge in [-0.15, -0.1) is 0 Å². The fourth-order valence-corrected chi connectivity index (χ4v) is 2.71. The second-order valence-corrected chi connectivity index (χ2v) is 5.49. The lowest BCUT2D eigenvalue weighted by molar-refractivity contribution is 0.265. The summed E-state index contributed by atoms with van der Waals surface area (Å²) in [6, 6.07) is 3.97. The summed E-state index contributed by atoms with van der Waals surface area (Å²) >= 11 is 0. The minimum atomic E-state index is 0.627. The number of guanidine groups is 1. The molecular weight excluding hydrogens is 264 g/mol. The lowest BCUT2D eigenvalue weighted by atomic mass is 10.0. The van der Waals surface area contributed by atoms with Crippen LogP contribution in [-0.4, -0.2) is 42.6 Å². The topological polar surface area (TPSA) is 49.8 Å². The van der Waals surface area contributed by atoms with Crippen LogP contribution in [0, 0.1) is 5.92 Å². The highest BCUT2D eigenvalue weighted by Crippen LogP contribution is 2.17. The van der Waals surface area contributed by atoms with Gasteiger partial charge in [-0.3, -0.25) is 4.99 Å². The second-order valence-electron chi connectivity index (χ2n) is 5.49. The fraction of sp³-hybridized carbons (Fsp3) is 0.625. The van der Waals surface area contributed by atoms with Crippen LogP contribution in [0.15, 0.2) is 23.3 Å². The van der Waals surface area contributed by atoms with Crippen LogP contribution in [0.25, 0.3) is 0 Å². The Morgan fingerprint density at radius 2 is 2.43 bits per heavy atom. The largest absolute Gasteiger partial charge is 0.478 e. The summed E-state index contributed by atoms with van der Waals surface area (Å²) in [6.07, 6.45) is 4.30. The maximum Gasteiger partial charge on any atom is 0.218 e. The van der Waals surface area contributed by atoms with Crippen molar-refractivity contribution in [3.05, 3.63) is 23.9 Å². The van der Waals surface area contributed by atoms with Gasteiger partial charge in [-0.1, -0.05) is 13.0 Å². The number of ether oxygens (including phenoxy) is 1. The summed E-state index contributed by atoms with van der Waals surface area (Å²) in [7, 11) is 1.84. The van der Waals surface area contributed by atoms with Crippen LogP contribution in [0.5, 0.6) is 5.88 Å². The third-order valence-corrected chi connectivity index (χ3v) is 3.74. The number of hydrogen-bond acceptors (Lipinski definition) is 3. The molecule has 0 spiro atoms. The Morgan fingerprint density at radius 1 is 1.57 bits per heavy atom. The summed E-state index contributed by atoms with van der Waals surface area (Å²) in [5.74, 6) is 2.40. The molecule has 5 nitrogen and oxygen atoms in total. The molecule has 1 N–H and O–H groups in total. The highest BCUT2D eigenvalue weighted by Gasteiger charge is 2.19. The van der Waals surface area contributed by atoms with E-state index in [2.05, 4.69) is 27.1 Å². The molecule has 1 aromatic rings. The van der Waals surface area contributed by atoms with Gasteiger partial charge in [-0.25, -0.2) is 4.98 Å². The van der Waals surface area contributed by atoms with Gasteiger partial charge >= 0.3 is 0 Å². The van der Waals surface area contributed by atoms with Crippen LogP contribution in [-0.2, 0) is 6.54 Å². The number of likely N-dealkylation sites (tertiary alicyclic amines) is 1. The van der Waals surface area contributed by atoms with E-state index in [-0.39, 0.29) is 0 Å². The van der Waals surface area contributed by atoms with Gasteiger partial charge in [0, 0.05) is 38.4 Å². The van der Waals surface area contributed by atoms with E-state index in [4.69, 9.17) is 4.74 Å². The number of aliphatic imine (C=N–C) groups is 1. The maximum atomic E-state index is 5.56. The molecule has 1 aliphatic heterocycles. The zero-order chi connectivity index (χ0) is 15.1. The van der Waals surface area contributed by atoms with Gasteiger partial charge < -0.3 is 15.0 Å². The van der Waals surface area contributed by atoms with Crippen molar-refractivity contribution in [3.8, 4) is 5.88 Å². The van der Waals surface area contributed by atoms with E-state index in [0.29, 0.717) is 19.0 Å². The number of piperidine rings is 1. The monoisotopic (exact) mass is 290 g/mol. The van der Waals surface area contributed by atoms with E-state index in [0.717, 1.165) is 30.5 Å². The number of pyridine rings is 1. The quantitative estimate of drug-likeness (QED) is 0.683. The van der Waals surface area contributed by atoms with Crippen LogP contribution in [0.2, 0.25) is 0 Å². The number of rotatable bonds is 4. The predicted octanol–water partition coefficient (Wildman–Crippen LogP) is 2.29.